The van der Waals surface area contributed by atoms with E-state index in [1.807, 2.05) is 42.5 Å². The smallest absolute Gasteiger partial charge is 0.206 e. The highest BCUT2D eigenvalue weighted by Gasteiger charge is 2.09. The molecule has 0 fully saturated rings. The molecule has 0 aliphatic rings. The molecule has 0 bridgehead atoms. The van der Waals surface area contributed by atoms with Crippen LogP contribution in [0.2, 0.25) is 5.02 Å². The molecule has 0 aliphatic carbocycles. The first-order valence-corrected chi connectivity index (χ1v) is 7.43. The van der Waals surface area contributed by atoms with Crippen LogP contribution in [0.25, 0.3) is 11.4 Å². The molecule has 3 aromatic rings. The van der Waals surface area contributed by atoms with Gasteiger partial charge in [-0.3, -0.25) is 0 Å². The summed E-state index contributed by atoms with van der Waals surface area (Å²) in [6.07, 6.45) is 0. The van der Waals surface area contributed by atoms with E-state index >= 15 is 0 Å². The van der Waals surface area contributed by atoms with Crippen molar-refractivity contribution >= 4 is 11.6 Å². The van der Waals surface area contributed by atoms with Crippen molar-refractivity contribution in [2.45, 2.75) is 6.54 Å². The lowest BCUT2D eigenvalue weighted by atomic mass is 10.2. The van der Waals surface area contributed by atoms with Crippen molar-refractivity contribution in [3.05, 3.63) is 53.6 Å². The molecule has 3 rings (SSSR count). The van der Waals surface area contributed by atoms with Crippen LogP contribution in [0.4, 0.5) is 0 Å². The normalized spacial score (nSPS) is 10.5. The zero-order valence-corrected chi connectivity index (χ0v) is 13.3. The maximum Gasteiger partial charge on any atom is 0.206 e. The third-order valence-electron chi connectivity index (χ3n) is 3.19. The van der Waals surface area contributed by atoms with E-state index in [1.54, 1.807) is 13.2 Å². The zero-order valence-electron chi connectivity index (χ0n) is 12.5. The van der Waals surface area contributed by atoms with Crippen molar-refractivity contribution < 1.29 is 9.47 Å². The van der Waals surface area contributed by atoms with Gasteiger partial charge in [-0.2, -0.15) is 4.80 Å². The predicted molar refractivity (Wildman–Crippen MR) is 86.8 cm³/mol. The van der Waals surface area contributed by atoms with Crippen LogP contribution in [0.15, 0.2) is 48.5 Å². The van der Waals surface area contributed by atoms with Crippen LogP contribution in [0.5, 0.6) is 11.5 Å². The molecule has 0 N–H and O–H groups in total. The molecular weight excluding hydrogens is 316 g/mol. The number of aromatic nitrogens is 4. The maximum atomic E-state index is 6.13. The van der Waals surface area contributed by atoms with Gasteiger partial charge in [-0.25, -0.2) is 0 Å². The standard InChI is InChI=1S/C16H15ClN4O2/c1-22-12-6-8-13(9-7-12)23-11-10-21-19-16(18-20-21)14-4-2-3-5-15(14)17/h2-9H,10-11H2,1H3. The number of benzene rings is 2. The van der Waals surface area contributed by atoms with Gasteiger partial charge in [-0.1, -0.05) is 23.7 Å². The summed E-state index contributed by atoms with van der Waals surface area (Å²) in [6, 6.07) is 14.8. The second kappa shape index (κ2) is 7.11. The van der Waals surface area contributed by atoms with Gasteiger partial charge >= 0.3 is 0 Å². The van der Waals surface area contributed by atoms with Crippen molar-refractivity contribution in [3.63, 3.8) is 0 Å². The summed E-state index contributed by atoms with van der Waals surface area (Å²) in [7, 11) is 1.63. The number of rotatable bonds is 6. The molecule has 23 heavy (non-hydrogen) atoms. The number of tetrazole rings is 1. The third-order valence-corrected chi connectivity index (χ3v) is 3.52. The summed E-state index contributed by atoms with van der Waals surface area (Å²) in [5.41, 5.74) is 0.761. The molecule has 0 aliphatic heterocycles. The summed E-state index contributed by atoms with van der Waals surface area (Å²) >= 11 is 6.13. The molecule has 0 saturated heterocycles. The lowest BCUT2D eigenvalue weighted by molar-refractivity contribution is 0.280. The number of ether oxygens (including phenoxy) is 2. The third kappa shape index (κ3) is 3.78. The number of halogens is 1. The fourth-order valence-corrected chi connectivity index (χ4v) is 2.23. The van der Waals surface area contributed by atoms with E-state index in [0.29, 0.717) is 24.0 Å². The predicted octanol–water partition coefficient (Wildman–Crippen LogP) is 3.08. The van der Waals surface area contributed by atoms with Crippen LogP contribution in [-0.4, -0.2) is 33.9 Å². The molecule has 6 nitrogen and oxygen atoms in total. The van der Waals surface area contributed by atoms with Crippen molar-refractivity contribution in [1.29, 1.82) is 0 Å². The Morgan fingerprint density at radius 1 is 1.04 bits per heavy atom. The van der Waals surface area contributed by atoms with Gasteiger partial charge in [0.1, 0.15) is 18.1 Å². The van der Waals surface area contributed by atoms with Crippen molar-refractivity contribution in [2.24, 2.45) is 0 Å². The van der Waals surface area contributed by atoms with Crippen LogP contribution >= 0.6 is 11.6 Å². The lowest BCUT2D eigenvalue weighted by Gasteiger charge is -2.06. The molecule has 0 saturated carbocycles. The quantitative estimate of drug-likeness (QED) is 0.695. The van der Waals surface area contributed by atoms with Gasteiger partial charge in [0.2, 0.25) is 5.82 Å². The van der Waals surface area contributed by atoms with Crippen LogP contribution in [-0.2, 0) is 6.54 Å². The highest BCUT2D eigenvalue weighted by Crippen LogP contribution is 2.23. The minimum Gasteiger partial charge on any atom is -0.497 e. The molecule has 0 atom stereocenters. The number of hydrogen-bond donors (Lipinski definition) is 0. The van der Waals surface area contributed by atoms with Crippen molar-refractivity contribution in [2.75, 3.05) is 13.7 Å². The minimum atomic E-state index is 0.435. The molecule has 0 unspecified atom stereocenters. The summed E-state index contributed by atoms with van der Waals surface area (Å²) in [6.45, 7) is 0.925. The highest BCUT2D eigenvalue weighted by molar-refractivity contribution is 6.33. The summed E-state index contributed by atoms with van der Waals surface area (Å²) in [5.74, 6) is 2.05. The second-order valence-electron chi connectivity index (χ2n) is 4.71. The summed E-state index contributed by atoms with van der Waals surface area (Å²) < 4.78 is 10.7. The van der Waals surface area contributed by atoms with E-state index in [9.17, 15) is 0 Å². The van der Waals surface area contributed by atoms with Gasteiger partial charge in [-0.05, 0) is 41.6 Å². The molecule has 0 amide bonds. The van der Waals surface area contributed by atoms with Gasteiger partial charge in [0.25, 0.3) is 0 Å². The van der Waals surface area contributed by atoms with Gasteiger partial charge in [0.15, 0.2) is 0 Å². The van der Waals surface area contributed by atoms with E-state index in [0.717, 1.165) is 17.1 Å². The molecule has 1 aromatic heterocycles. The Bertz CT molecular complexity index is 774. The SMILES string of the molecule is COc1ccc(OCCn2nnc(-c3ccccc3Cl)n2)cc1. The maximum absolute atomic E-state index is 6.13. The van der Waals surface area contributed by atoms with Gasteiger partial charge in [-0.15, -0.1) is 10.2 Å². The molecule has 118 valence electrons. The van der Waals surface area contributed by atoms with Gasteiger partial charge in [0.05, 0.1) is 18.7 Å². The largest absolute Gasteiger partial charge is 0.497 e. The highest BCUT2D eigenvalue weighted by atomic mass is 35.5. The Labute approximate surface area is 138 Å². The van der Waals surface area contributed by atoms with E-state index in [1.165, 1.54) is 4.80 Å². The monoisotopic (exact) mass is 330 g/mol. The molecule has 1 heterocycles. The first-order chi connectivity index (χ1) is 11.3. The fraction of sp³-hybridized carbons (Fsp3) is 0.188. The molecule has 2 aromatic carbocycles. The number of methoxy groups -OCH3 is 1. The Morgan fingerprint density at radius 3 is 2.52 bits per heavy atom. The first-order valence-electron chi connectivity index (χ1n) is 7.06. The number of nitrogens with zero attached hydrogens (tertiary/aromatic N) is 4. The van der Waals surface area contributed by atoms with Crippen LogP contribution in [0.3, 0.4) is 0 Å². The molecular formula is C16H15ClN4O2. The fourth-order valence-electron chi connectivity index (χ4n) is 2.01. The topological polar surface area (TPSA) is 62.1 Å². The molecule has 0 radical (unpaired) electrons. The summed E-state index contributed by atoms with van der Waals surface area (Å²) in [4.78, 5) is 1.49. The first kappa shape index (κ1) is 15.3. The summed E-state index contributed by atoms with van der Waals surface area (Å²) in [5, 5.41) is 12.9. The van der Waals surface area contributed by atoms with E-state index in [-0.39, 0.29) is 0 Å². The Hall–Kier alpha value is -2.60. The van der Waals surface area contributed by atoms with E-state index < -0.39 is 0 Å². The average Bonchev–Trinajstić information content (AvgIpc) is 3.04. The van der Waals surface area contributed by atoms with Crippen molar-refractivity contribution in [3.8, 4) is 22.9 Å². The van der Waals surface area contributed by atoms with Crippen LogP contribution in [0, 0.1) is 0 Å². The molecule has 0 spiro atoms. The minimum absolute atomic E-state index is 0.435. The van der Waals surface area contributed by atoms with E-state index in [2.05, 4.69) is 15.4 Å². The van der Waals surface area contributed by atoms with E-state index in [4.69, 9.17) is 21.1 Å². The Kier molecular flexibility index (Phi) is 4.73. The molecule has 7 heteroatoms. The van der Waals surface area contributed by atoms with Gasteiger partial charge < -0.3 is 9.47 Å². The van der Waals surface area contributed by atoms with Crippen LogP contribution < -0.4 is 9.47 Å². The van der Waals surface area contributed by atoms with Crippen molar-refractivity contribution in [1.82, 2.24) is 20.2 Å². The van der Waals surface area contributed by atoms with Crippen LogP contribution in [0.1, 0.15) is 0 Å². The number of hydrogen-bond acceptors (Lipinski definition) is 5. The average molecular weight is 331 g/mol. The van der Waals surface area contributed by atoms with Gasteiger partial charge in [0, 0.05) is 5.56 Å². The zero-order chi connectivity index (χ0) is 16.1. The Balaban J connectivity index is 1.58. The lowest BCUT2D eigenvalue weighted by Crippen LogP contribution is -2.11. The Morgan fingerprint density at radius 2 is 1.78 bits per heavy atom. The second-order valence-corrected chi connectivity index (χ2v) is 5.12.